The van der Waals surface area contributed by atoms with Crippen molar-refractivity contribution in [2.24, 2.45) is 0 Å². The number of hydrogen-bond donors (Lipinski definition) is 3. The molecule has 0 aliphatic heterocycles. The lowest BCUT2D eigenvalue weighted by Crippen LogP contribution is -2.17. The molecule has 0 radical (unpaired) electrons. The average Bonchev–Trinajstić information content (AvgIpc) is 3.18. The number of hydrogen-bond acceptors (Lipinski definition) is 6. The van der Waals surface area contributed by atoms with Crippen molar-refractivity contribution in [2.75, 3.05) is 17.6 Å². The van der Waals surface area contributed by atoms with Crippen LogP contribution in [-0.4, -0.2) is 37.2 Å². The van der Waals surface area contributed by atoms with E-state index in [1.807, 2.05) is 0 Å². The van der Waals surface area contributed by atoms with Gasteiger partial charge in [0.25, 0.3) is 5.56 Å². The van der Waals surface area contributed by atoms with Crippen LogP contribution in [-0.2, 0) is 14.8 Å². The van der Waals surface area contributed by atoms with E-state index in [-0.39, 0.29) is 46.0 Å². The van der Waals surface area contributed by atoms with Gasteiger partial charge >= 0.3 is 5.97 Å². The maximum absolute atomic E-state index is 14.4. The number of fused-ring (bicyclic) bond motifs is 1. The van der Waals surface area contributed by atoms with Crippen LogP contribution in [0.3, 0.4) is 0 Å². The molecule has 0 amide bonds. The molecule has 4 aromatic rings. The molecule has 0 aliphatic rings. The predicted octanol–water partition coefficient (Wildman–Crippen LogP) is 4.45. The smallest absolute Gasteiger partial charge is 0.355 e. The van der Waals surface area contributed by atoms with E-state index < -0.39 is 33.2 Å². The lowest BCUT2D eigenvalue weighted by Gasteiger charge is -2.17. The minimum atomic E-state index is -3.69. The van der Waals surface area contributed by atoms with Gasteiger partial charge in [-0.3, -0.25) is 9.52 Å². The molecule has 3 N–H and O–H groups in total. The summed E-state index contributed by atoms with van der Waals surface area (Å²) in [5.74, 6) is -2.94. The van der Waals surface area contributed by atoms with Gasteiger partial charge in [-0.05, 0) is 44.2 Å². The van der Waals surface area contributed by atoms with Crippen LogP contribution in [0.4, 0.5) is 14.5 Å². The fourth-order valence-electron chi connectivity index (χ4n) is 3.79. The Labute approximate surface area is 204 Å². The van der Waals surface area contributed by atoms with E-state index in [1.165, 1.54) is 24.4 Å². The Hall–Kier alpha value is -4.19. The summed E-state index contributed by atoms with van der Waals surface area (Å²) < 4.78 is 64.8. The molecule has 0 aliphatic carbocycles. The van der Waals surface area contributed by atoms with Gasteiger partial charge in [0.15, 0.2) is 11.6 Å². The lowest BCUT2D eigenvalue weighted by atomic mass is 9.97. The molecule has 188 valence electrons. The maximum Gasteiger partial charge on any atom is 0.355 e. The number of halogens is 2. The summed E-state index contributed by atoms with van der Waals surface area (Å²) in [6.07, 6.45) is 2.47. The molecule has 36 heavy (non-hydrogen) atoms. The Balaban J connectivity index is 2.04. The van der Waals surface area contributed by atoms with Crippen molar-refractivity contribution in [2.45, 2.75) is 13.8 Å². The van der Waals surface area contributed by atoms with Crippen LogP contribution < -0.4 is 15.0 Å². The highest BCUT2D eigenvalue weighted by molar-refractivity contribution is 7.92. The largest absolute Gasteiger partial charge is 0.461 e. The molecule has 0 spiro atoms. The molecule has 9 nitrogen and oxygen atoms in total. The third-order valence-corrected chi connectivity index (χ3v) is 5.81. The predicted molar refractivity (Wildman–Crippen MR) is 130 cm³/mol. The van der Waals surface area contributed by atoms with Crippen molar-refractivity contribution >= 4 is 32.5 Å². The monoisotopic (exact) mass is 517 g/mol. The van der Waals surface area contributed by atoms with Gasteiger partial charge in [-0.1, -0.05) is 0 Å². The van der Waals surface area contributed by atoms with Gasteiger partial charge in [0.05, 0.1) is 18.2 Å². The SMILES string of the molecule is CCOC(=O)c1[nH]c(=O)c2c(C)[nH]cc2c1-c1cc(NS(C)(=O)=O)ccc1Oc1ccc(F)cc1F. The first-order chi connectivity index (χ1) is 17.0. The first-order valence-corrected chi connectivity index (χ1v) is 12.5. The zero-order valence-electron chi connectivity index (χ0n) is 19.4. The van der Waals surface area contributed by atoms with Crippen molar-refractivity contribution < 1.29 is 31.5 Å². The summed E-state index contributed by atoms with van der Waals surface area (Å²) in [5, 5.41) is 0.568. The first kappa shape index (κ1) is 24.9. The molecule has 0 fully saturated rings. The van der Waals surface area contributed by atoms with E-state index >= 15 is 0 Å². The number of H-pyrrole nitrogens is 2. The summed E-state index contributed by atoms with van der Waals surface area (Å²) in [5.41, 5.74) is 0.154. The number of carbonyl (C=O) groups is 1. The number of aryl methyl sites for hydroxylation is 1. The number of esters is 1. The van der Waals surface area contributed by atoms with Gasteiger partial charge in [-0.2, -0.15) is 0 Å². The van der Waals surface area contributed by atoms with Crippen molar-refractivity contribution in [3.05, 3.63) is 76.0 Å². The number of aromatic amines is 2. The Morgan fingerprint density at radius 2 is 1.83 bits per heavy atom. The number of rotatable bonds is 7. The maximum atomic E-state index is 14.4. The van der Waals surface area contributed by atoms with Crippen LogP contribution in [0.25, 0.3) is 21.9 Å². The van der Waals surface area contributed by atoms with E-state index in [0.717, 1.165) is 18.4 Å². The van der Waals surface area contributed by atoms with Crippen molar-refractivity contribution in [1.29, 1.82) is 0 Å². The molecule has 0 unspecified atom stereocenters. The zero-order chi connectivity index (χ0) is 26.2. The van der Waals surface area contributed by atoms with E-state index in [2.05, 4.69) is 14.7 Å². The average molecular weight is 518 g/mol. The van der Waals surface area contributed by atoms with Gasteiger partial charge in [0.2, 0.25) is 10.0 Å². The van der Waals surface area contributed by atoms with E-state index in [1.54, 1.807) is 13.8 Å². The number of aromatic nitrogens is 2. The fraction of sp³-hybridized carbons (Fsp3) is 0.167. The number of benzene rings is 2. The highest BCUT2D eigenvalue weighted by Crippen LogP contribution is 2.41. The second kappa shape index (κ2) is 9.46. The summed E-state index contributed by atoms with van der Waals surface area (Å²) in [4.78, 5) is 31.1. The Morgan fingerprint density at radius 3 is 2.50 bits per heavy atom. The number of ether oxygens (including phenoxy) is 2. The van der Waals surface area contributed by atoms with Gasteiger partial charge in [0.1, 0.15) is 17.3 Å². The number of carbonyl (C=O) groups excluding carboxylic acids is 1. The Kier molecular flexibility index (Phi) is 6.55. The van der Waals surface area contributed by atoms with Crippen molar-refractivity contribution in [1.82, 2.24) is 9.97 Å². The van der Waals surface area contributed by atoms with Crippen LogP contribution in [0.15, 0.2) is 47.4 Å². The number of anilines is 1. The van der Waals surface area contributed by atoms with Gasteiger partial charge in [0, 0.05) is 40.2 Å². The molecule has 0 bridgehead atoms. The quantitative estimate of drug-likeness (QED) is 0.311. The standard InChI is InChI=1S/C24H21F2N3O6S/c1-4-34-24(31)22-21(16-11-27-12(2)20(16)23(30)28-22)15-10-14(29-36(3,32)33)6-8-18(15)35-19-7-5-13(25)9-17(19)26/h5-11,27,29H,4H2,1-3H3,(H,28,30). The first-order valence-electron chi connectivity index (χ1n) is 10.6. The number of pyridine rings is 1. The van der Waals surface area contributed by atoms with Crippen LogP contribution in [0.1, 0.15) is 23.1 Å². The van der Waals surface area contributed by atoms with E-state index in [0.29, 0.717) is 17.1 Å². The second-order valence-corrected chi connectivity index (χ2v) is 9.64. The van der Waals surface area contributed by atoms with E-state index in [4.69, 9.17) is 9.47 Å². The fourth-order valence-corrected chi connectivity index (χ4v) is 4.35. The van der Waals surface area contributed by atoms with Gasteiger partial charge < -0.3 is 19.4 Å². The molecule has 2 aromatic carbocycles. The molecule has 0 saturated heterocycles. The molecule has 2 aromatic heterocycles. The van der Waals surface area contributed by atoms with Crippen LogP contribution in [0.2, 0.25) is 0 Å². The molecule has 4 rings (SSSR count). The normalized spacial score (nSPS) is 11.5. The van der Waals surface area contributed by atoms with Crippen LogP contribution in [0, 0.1) is 18.6 Å². The molecule has 0 atom stereocenters. The van der Waals surface area contributed by atoms with Crippen molar-refractivity contribution in [3.63, 3.8) is 0 Å². The summed E-state index contributed by atoms with van der Waals surface area (Å²) in [7, 11) is -3.69. The Morgan fingerprint density at radius 1 is 1.11 bits per heavy atom. The third kappa shape index (κ3) is 4.93. The lowest BCUT2D eigenvalue weighted by molar-refractivity contribution is 0.0520. The highest BCUT2D eigenvalue weighted by Gasteiger charge is 2.25. The van der Waals surface area contributed by atoms with E-state index in [9.17, 15) is 26.8 Å². The Bertz CT molecular complexity index is 1660. The third-order valence-electron chi connectivity index (χ3n) is 5.21. The summed E-state index contributed by atoms with van der Waals surface area (Å²) in [6.45, 7) is 3.28. The zero-order valence-corrected chi connectivity index (χ0v) is 20.2. The van der Waals surface area contributed by atoms with Crippen LogP contribution >= 0.6 is 0 Å². The minimum absolute atomic E-state index is 0.00249. The molecular weight excluding hydrogens is 496 g/mol. The topological polar surface area (TPSA) is 130 Å². The highest BCUT2D eigenvalue weighted by atomic mass is 32.2. The summed E-state index contributed by atoms with van der Waals surface area (Å²) >= 11 is 0. The molecule has 0 saturated carbocycles. The van der Waals surface area contributed by atoms with Gasteiger partial charge in [-0.15, -0.1) is 0 Å². The minimum Gasteiger partial charge on any atom is -0.461 e. The molecule has 2 heterocycles. The number of nitrogens with one attached hydrogen (secondary N) is 3. The number of sulfonamides is 1. The second-order valence-electron chi connectivity index (χ2n) is 7.89. The van der Waals surface area contributed by atoms with Crippen LogP contribution in [0.5, 0.6) is 11.5 Å². The molecule has 12 heteroatoms. The van der Waals surface area contributed by atoms with Gasteiger partial charge in [-0.25, -0.2) is 22.0 Å². The molecular formula is C24H21F2N3O6S. The van der Waals surface area contributed by atoms with Crippen molar-refractivity contribution in [3.8, 4) is 22.6 Å². The summed E-state index contributed by atoms with van der Waals surface area (Å²) in [6, 6.07) is 6.84.